The number of benzene rings is 5. The molecular weight excluding hydrogens is 458 g/mol. The number of nitrogens with zero attached hydrogens (tertiary/aromatic N) is 3. The van der Waals surface area contributed by atoms with E-state index in [-0.39, 0.29) is 0 Å². The van der Waals surface area contributed by atoms with Gasteiger partial charge in [-0.15, -0.1) is 11.3 Å². The molecule has 0 aliphatic carbocycles. The van der Waals surface area contributed by atoms with Gasteiger partial charge in [0.05, 0.1) is 38.4 Å². The van der Waals surface area contributed by atoms with Crippen LogP contribution >= 0.6 is 11.3 Å². The first-order valence-electron chi connectivity index (χ1n) is 12.0. The predicted octanol–water partition coefficient (Wildman–Crippen LogP) is 9.11. The van der Waals surface area contributed by atoms with Crippen LogP contribution in [0.1, 0.15) is 0 Å². The van der Waals surface area contributed by atoms with Crippen LogP contribution in [0, 0.1) is 0 Å². The molecule has 2 aromatic heterocycles. The highest BCUT2D eigenvalue weighted by molar-refractivity contribution is 7.26. The summed E-state index contributed by atoms with van der Waals surface area (Å²) in [7, 11) is 0. The molecule has 0 N–H and O–H groups in total. The molecule has 0 fully saturated rings. The normalized spacial score (nSPS) is 12.4. The summed E-state index contributed by atoms with van der Waals surface area (Å²) in [5, 5.41) is 3.69. The van der Waals surface area contributed by atoms with Crippen LogP contribution in [0.2, 0.25) is 0 Å². The van der Waals surface area contributed by atoms with Gasteiger partial charge in [0, 0.05) is 26.6 Å². The van der Waals surface area contributed by atoms with Crippen LogP contribution in [-0.4, -0.2) is 9.97 Å². The van der Waals surface area contributed by atoms with Crippen LogP contribution in [0.25, 0.3) is 53.7 Å². The van der Waals surface area contributed by atoms with Gasteiger partial charge in [0.2, 0.25) is 0 Å². The molecule has 0 saturated carbocycles. The van der Waals surface area contributed by atoms with Crippen molar-refractivity contribution >= 4 is 59.5 Å². The molecule has 1 aliphatic rings. The van der Waals surface area contributed by atoms with Crippen molar-refractivity contribution in [1.29, 1.82) is 0 Å². The van der Waals surface area contributed by atoms with Crippen LogP contribution in [-0.2, 0) is 0 Å². The summed E-state index contributed by atoms with van der Waals surface area (Å²) >= 11 is 1.85. The summed E-state index contributed by atoms with van der Waals surface area (Å²) in [6, 6.07) is 40.5. The van der Waals surface area contributed by atoms with E-state index in [1.54, 1.807) is 0 Å². The molecule has 1 aliphatic heterocycles. The van der Waals surface area contributed by atoms with E-state index in [4.69, 9.17) is 9.97 Å². The number of anilines is 3. The van der Waals surface area contributed by atoms with E-state index < -0.39 is 0 Å². The zero-order valence-electron chi connectivity index (χ0n) is 19.2. The Hall–Kier alpha value is -4.54. The Morgan fingerprint density at radius 2 is 1.28 bits per heavy atom. The topological polar surface area (TPSA) is 29.0 Å². The maximum Gasteiger partial charge on any atom is 0.160 e. The fraction of sp³-hybridized carbons (Fsp3) is 0. The minimum absolute atomic E-state index is 0.755. The van der Waals surface area contributed by atoms with Crippen molar-refractivity contribution in [3.8, 4) is 22.6 Å². The van der Waals surface area contributed by atoms with Crippen molar-refractivity contribution in [2.24, 2.45) is 0 Å². The maximum absolute atomic E-state index is 5.13. The van der Waals surface area contributed by atoms with Gasteiger partial charge >= 0.3 is 0 Å². The Labute approximate surface area is 211 Å². The van der Waals surface area contributed by atoms with Gasteiger partial charge in [0.25, 0.3) is 0 Å². The van der Waals surface area contributed by atoms with Crippen molar-refractivity contribution < 1.29 is 0 Å². The quantitative estimate of drug-likeness (QED) is 0.249. The van der Waals surface area contributed by atoms with E-state index in [0.29, 0.717) is 0 Å². The second kappa shape index (κ2) is 7.48. The molecule has 3 heterocycles. The van der Waals surface area contributed by atoms with Gasteiger partial charge in [-0.2, -0.15) is 0 Å². The molecule has 4 heteroatoms. The second-order valence-electron chi connectivity index (χ2n) is 9.04. The third kappa shape index (κ3) is 2.73. The number of thiophene rings is 1. The zero-order chi connectivity index (χ0) is 23.6. The molecule has 0 radical (unpaired) electrons. The number of rotatable bonds is 2. The highest BCUT2D eigenvalue weighted by atomic mass is 32.1. The Morgan fingerprint density at radius 1 is 0.556 bits per heavy atom. The lowest BCUT2D eigenvalue weighted by atomic mass is 9.96. The van der Waals surface area contributed by atoms with Gasteiger partial charge in [0.1, 0.15) is 0 Å². The van der Waals surface area contributed by atoms with Crippen LogP contribution in [0.5, 0.6) is 0 Å². The lowest BCUT2D eigenvalue weighted by Crippen LogP contribution is -2.16. The van der Waals surface area contributed by atoms with Gasteiger partial charge in [-0.25, -0.2) is 9.97 Å². The molecular formula is C32H19N3S. The fourth-order valence-corrected chi connectivity index (χ4v) is 6.64. The lowest BCUT2D eigenvalue weighted by Gasteiger charge is -2.33. The molecule has 0 atom stereocenters. The molecule has 0 saturated heterocycles. The molecule has 5 aromatic carbocycles. The molecule has 36 heavy (non-hydrogen) atoms. The van der Waals surface area contributed by atoms with E-state index in [1.807, 2.05) is 29.5 Å². The third-order valence-electron chi connectivity index (χ3n) is 7.00. The van der Waals surface area contributed by atoms with Gasteiger partial charge in [0.15, 0.2) is 5.82 Å². The Balaban J connectivity index is 1.47. The number of hydrogen-bond acceptors (Lipinski definition) is 4. The summed E-state index contributed by atoms with van der Waals surface area (Å²) in [6.45, 7) is 0. The lowest BCUT2D eigenvalue weighted by molar-refractivity contribution is 1.20. The van der Waals surface area contributed by atoms with E-state index >= 15 is 0 Å². The number of para-hydroxylation sites is 1. The van der Waals surface area contributed by atoms with Gasteiger partial charge in [-0.1, -0.05) is 84.9 Å². The molecule has 0 unspecified atom stereocenters. The fourth-order valence-electron chi connectivity index (χ4n) is 5.43. The largest absolute Gasteiger partial charge is 0.308 e. The molecule has 0 amide bonds. The summed E-state index contributed by atoms with van der Waals surface area (Å²) in [6.07, 6.45) is 0. The summed E-state index contributed by atoms with van der Waals surface area (Å²) in [5.41, 5.74) is 7.54. The molecule has 7 aromatic rings. The van der Waals surface area contributed by atoms with Crippen LogP contribution in [0.4, 0.5) is 17.1 Å². The standard InChI is InChI=1S/C32H19N3S/c1-2-10-20(11-3-1)32-33-24-15-9-17-26-29(24)30(34-32)23-13-4-6-16-25(23)35(26)27-18-8-14-22-21-12-5-7-19-28(21)36-31(22)27/h1-19H. The third-order valence-corrected chi connectivity index (χ3v) is 8.21. The molecule has 3 nitrogen and oxygen atoms in total. The number of fused-ring (bicyclic) bond motifs is 5. The monoisotopic (exact) mass is 477 g/mol. The van der Waals surface area contributed by atoms with E-state index in [1.165, 1.54) is 25.9 Å². The second-order valence-corrected chi connectivity index (χ2v) is 10.1. The van der Waals surface area contributed by atoms with Crippen molar-refractivity contribution in [2.75, 3.05) is 4.90 Å². The van der Waals surface area contributed by atoms with Crippen molar-refractivity contribution in [3.05, 3.63) is 115 Å². The molecule has 0 bridgehead atoms. The van der Waals surface area contributed by atoms with E-state index in [2.05, 4.69) is 102 Å². The molecule has 0 spiro atoms. The van der Waals surface area contributed by atoms with Crippen molar-refractivity contribution in [2.45, 2.75) is 0 Å². The zero-order valence-corrected chi connectivity index (χ0v) is 20.0. The Kier molecular flexibility index (Phi) is 4.10. The smallest absolute Gasteiger partial charge is 0.160 e. The number of aromatic nitrogens is 2. The summed E-state index contributed by atoms with van der Waals surface area (Å²) in [5.74, 6) is 0.755. The first-order valence-corrected chi connectivity index (χ1v) is 12.8. The molecule has 8 rings (SSSR count). The van der Waals surface area contributed by atoms with Crippen LogP contribution < -0.4 is 4.90 Å². The highest BCUT2D eigenvalue weighted by Crippen LogP contribution is 2.52. The summed E-state index contributed by atoms with van der Waals surface area (Å²) in [4.78, 5) is 12.5. The minimum Gasteiger partial charge on any atom is -0.308 e. The molecule has 168 valence electrons. The van der Waals surface area contributed by atoms with Crippen molar-refractivity contribution in [3.63, 3.8) is 0 Å². The highest BCUT2D eigenvalue weighted by Gasteiger charge is 2.29. The number of hydrogen-bond donors (Lipinski definition) is 0. The maximum atomic E-state index is 5.13. The van der Waals surface area contributed by atoms with Crippen LogP contribution in [0.15, 0.2) is 115 Å². The Bertz CT molecular complexity index is 1960. The SMILES string of the molecule is c1ccc(-c2nc3c4c(cccc4n2)N(c2cccc4c2sc2ccccc24)c2ccccc2-3)cc1. The van der Waals surface area contributed by atoms with Crippen molar-refractivity contribution in [1.82, 2.24) is 9.97 Å². The van der Waals surface area contributed by atoms with E-state index in [0.717, 1.165) is 44.9 Å². The van der Waals surface area contributed by atoms with Gasteiger partial charge in [-0.05, 0) is 30.3 Å². The first kappa shape index (κ1) is 19.7. The minimum atomic E-state index is 0.755. The predicted molar refractivity (Wildman–Crippen MR) is 152 cm³/mol. The Morgan fingerprint density at radius 3 is 2.22 bits per heavy atom. The van der Waals surface area contributed by atoms with Crippen LogP contribution in [0.3, 0.4) is 0 Å². The average Bonchev–Trinajstić information content (AvgIpc) is 3.33. The van der Waals surface area contributed by atoms with Gasteiger partial charge < -0.3 is 4.90 Å². The van der Waals surface area contributed by atoms with E-state index in [9.17, 15) is 0 Å². The average molecular weight is 478 g/mol. The summed E-state index contributed by atoms with van der Waals surface area (Å²) < 4.78 is 2.59. The first-order chi connectivity index (χ1) is 17.9. The van der Waals surface area contributed by atoms with Gasteiger partial charge in [-0.3, -0.25) is 0 Å².